The Morgan fingerprint density at radius 3 is 2.29 bits per heavy atom. The van der Waals surface area contributed by atoms with Gasteiger partial charge in [0.25, 0.3) is 0 Å². The fraction of sp³-hybridized carbons (Fsp3) is 0.833. The van der Waals surface area contributed by atoms with Gasteiger partial charge in [-0.3, -0.25) is 0 Å². The van der Waals surface area contributed by atoms with Crippen molar-refractivity contribution in [3.05, 3.63) is 6.92 Å². The molecule has 2 atom stereocenters. The first-order chi connectivity index (χ1) is 3.29. The van der Waals surface area contributed by atoms with Crippen LogP contribution in [0.15, 0.2) is 0 Å². The highest BCUT2D eigenvalue weighted by molar-refractivity contribution is 4.75. The lowest BCUT2D eigenvalue weighted by Gasteiger charge is -1.95. The summed E-state index contributed by atoms with van der Waals surface area (Å²) in [5.74, 6) is 0.523. The molecule has 0 spiro atoms. The van der Waals surface area contributed by atoms with Crippen molar-refractivity contribution in [3.63, 3.8) is 0 Å². The molecule has 0 saturated heterocycles. The van der Waals surface area contributed by atoms with E-state index in [-0.39, 0.29) is 6.10 Å². The summed E-state index contributed by atoms with van der Waals surface area (Å²) in [5.41, 5.74) is 0. The average molecular weight is 99.2 g/mol. The largest absolute Gasteiger partial charge is 0.393 e. The molecule has 1 fully saturated rings. The van der Waals surface area contributed by atoms with Crippen LogP contribution in [0.5, 0.6) is 0 Å². The summed E-state index contributed by atoms with van der Waals surface area (Å²) in [6.45, 7) is 3.83. The van der Waals surface area contributed by atoms with Gasteiger partial charge in [-0.2, -0.15) is 0 Å². The van der Waals surface area contributed by atoms with Crippen LogP contribution >= 0.6 is 0 Å². The molecule has 1 N–H and O–H groups in total. The van der Waals surface area contributed by atoms with Crippen LogP contribution in [0.2, 0.25) is 0 Å². The Bertz CT molecular complexity index is 53.2. The van der Waals surface area contributed by atoms with E-state index in [1.165, 1.54) is 0 Å². The van der Waals surface area contributed by atoms with E-state index in [4.69, 9.17) is 5.11 Å². The molecule has 0 aromatic carbocycles. The smallest absolute Gasteiger partial charge is 0.0543 e. The quantitative estimate of drug-likeness (QED) is 0.480. The van der Waals surface area contributed by atoms with Gasteiger partial charge in [0.1, 0.15) is 0 Å². The highest BCUT2D eigenvalue weighted by atomic mass is 16.3. The first-order valence-electron chi connectivity index (χ1n) is 2.80. The minimum Gasteiger partial charge on any atom is -0.393 e. The first-order valence-corrected chi connectivity index (χ1v) is 2.80. The molecule has 0 bridgehead atoms. The molecule has 1 saturated carbocycles. The number of hydrogen-bond donors (Lipinski definition) is 1. The molecule has 0 aliphatic heterocycles. The van der Waals surface area contributed by atoms with Gasteiger partial charge in [0.05, 0.1) is 6.10 Å². The molecule has 1 aliphatic rings. The Balaban J connectivity index is 2.26. The van der Waals surface area contributed by atoms with E-state index in [0.717, 1.165) is 19.3 Å². The van der Waals surface area contributed by atoms with Crippen molar-refractivity contribution in [2.45, 2.75) is 25.4 Å². The van der Waals surface area contributed by atoms with Gasteiger partial charge in [0, 0.05) is 0 Å². The zero-order chi connectivity index (χ0) is 5.28. The van der Waals surface area contributed by atoms with Gasteiger partial charge < -0.3 is 5.11 Å². The van der Waals surface area contributed by atoms with E-state index >= 15 is 0 Å². The average Bonchev–Trinajstić information content (AvgIpc) is 1.87. The van der Waals surface area contributed by atoms with Gasteiger partial charge in [-0.25, -0.2) is 0 Å². The molecular formula is C6H11O. The first kappa shape index (κ1) is 5.10. The molecule has 0 heterocycles. The van der Waals surface area contributed by atoms with Gasteiger partial charge in [-0.15, -0.1) is 0 Å². The number of rotatable bonds is 0. The van der Waals surface area contributed by atoms with E-state index in [1.807, 2.05) is 0 Å². The monoisotopic (exact) mass is 99.1 g/mol. The van der Waals surface area contributed by atoms with Crippen molar-refractivity contribution >= 4 is 0 Å². The van der Waals surface area contributed by atoms with Crippen LogP contribution in [-0.2, 0) is 0 Å². The third-order valence-electron chi connectivity index (χ3n) is 1.51. The molecule has 1 heteroatoms. The van der Waals surface area contributed by atoms with E-state index in [0.29, 0.717) is 5.92 Å². The Kier molecular flexibility index (Phi) is 1.33. The summed E-state index contributed by atoms with van der Waals surface area (Å²) >= 11 is 0. The predicted molar refractivity (Wildman–Crippen MR) is 28.7 cm³/mol. The van der Waals surface area contributed by atoms with Crippen molar-refractivity contribution in [1.82, 2.24) is 0 Å². The van der Waals surface area contributed by atoms with Crippen molar-refractivity contribution in [2.75, 3.05) is 0 Å². The van der Waals surface area contributed by atoms with Gasteiger partial charge in [-0.05, 0) is 25.2 Å². The minimum absolute atomic E-state index is 0.0394. The molecule has 1 nitrogen and oxygen atoms in total. The fourth-order valence-electron chi connectivity index (χ4n) is 1.05. The second-order valence-corrected chi connectivity index (χ2v) is 2.33. The summed E-state index contributed by atoms with van der Waals surface area (Å²) < 4.78 is 0. The van der Waals surface area contributed by atoms with E-state index in [1.54, 1.807) is 0 Å². The maximum absolute atomic E-state index is 8.86. The van der Waals surface area contributed by atoms with Crippen molar-refractivity contribution in [2.24, 2.45) is 5.92 Å². The lowest BCUT2D eigenvalue weighted by molar-refractivity contribution is 0.180. The SMILES string of the molecule is [CH2]C1CCC(O)C1. The van der Waals surface area contributed by atoms with Crippen LogP contribution in [0.25, 0.3) is 0 Å². The van der Waals surface area contributed by atoms with Gasteiger partial charge in [0.15, 0.2) is 0 Å². The molecule has 7 heavy (non-hydrogen) atoms. The molecule has 41 valence electrons. The van der Waals surface area contributed by atoms with Crippen molar-refractivity contribution < 1.29 is 5.11 Å². The Morgan fingerprint density at radius 2 is 2.14 bits per heavy atom. The third-order valence-corrected chi connectivity index (χ3v) is 1.51. The van der Waals surface area contributed by atoms with Crippen molar-refractivity contribution in [3.8, 4) is 0 Å². The maximum Gasteiger partial charge on any atom is 0.0543 e. The van der Waals surface area contributed by atoms with Crippen LogP contribution in [0, 0.1) is 12.8 Å². The lowest BCUT2D eigenvalue weighted by atomic mass is 10.1. The maximum atomic E-state index is 8.86. The Labute approximate surface area is 44.4 Å². The predicted octanol–water partition coefficient (Wildman–Crippen LogP) is 0.981. The summed E-state index contributed by atoms with van der Waals surface area (Å²) in [6.07, 6.45) is 2.96. The minimum atomic E-state index is -0.0394. The summed E-state index contributed by atoms with van der Waals surface area (Å²) in [4.78, 5) is 0. The van der Waals surface area contributed by atoms with E-state index in [9.17, 15) is 0 Å². The number of hydrogen-bond acceptors (Lipinski definition) is 1. The molecule has 0 amide bonds. The highest BCUT2D eigenvalue weighted by Crippen LogP contribution is 2.23. The number of aliphatic hydroxyl groups is 1. The third kappa shape index (κ3) is 1.16. The fourth-order valence-corrected chi connectivity index (χ4v) is 1.05. The summed E-state index contributed by atoms with van der Waals surface area (Å²) in [6, 6.07) is 0. The normalized spacial score (nSPS) is 42.0. The molecule has 1 rings (SSSR count). The second-order valence-electron chi connectivity index (χ2n) is 2.33. The van der Waals surface area contributed by atoms with E-state index < -0.39 is 0 Å². The van der Waals surface area contributed by atoms with Crippen LogP contribution in [-0.4, -0.2) is 11.2 Å². The van der Waals surface area contributed by atoms with Gasteiger partial charge >= 0.3 is 0 Å². The summed E-state index contributed by atoms with van der Waals surface area (Å²) in [5, 5.41) is 8.86. The summed E-state index contributed by atoms with van der Waals surface area (Å²) in [7, 11) is 0. The van der Waals surface area contributed by atoms with Gasteiger partial charge in [-0.1, -0.05) is 6.92 Å². The zero-order valence-electron chi connectivity index (χ0n) is 4.43. The topological polar surface area (TPSA) is 20.2 Å². The van der Waals surface area contributed by atoms with Crippen LogP contribution < -0.4 is 0 Å². The van der Waals surface area contributed by atoms with Crippen LogP contribution in [0.4, 0.5) is 0 Å². The standard InChI is InChI=1S/C6H11O/c1-5-2-3-6(7)4-5/h5-7H,1-4H2. The lowest BCUT2D eigenvalue weighted by Crippen LogP contribution is -1.97. The molecule has 0 aromatic rings. The number of aliphatic hydroxyl groups excluding tert-OH is 1. The highest BCUT2D eigenvalue weighted by Gasteiger charge is 2.17. The van der Waals surface area contributed by atoms with Crippen molar-refractivity contribution in [1.29, 1.82) is 0 Å². The van der Waals surface area contributed by atoms with E-state index in [2.05, 4.69) is 6.92 Å². The van der Waals surface area contributed by atoms with Crippen LogP contribution in [0.1, 0.15) is 19.3 Å². The molecule has 1 radical (unpaired) electrons. The molecule has 1 aliphatic carbocycles. The zero-order valence-corrected chi connectivity index (χ0v) is 4.43. The van der Waals surface area contributed by atoms with Gasteiger partial charge in [0.2, 0.25) is 0 Å². The molecule has 2 unspecified atom stereocenters. The molecule has 0 aromatic heterocycles. The van der Waals surface area contributed by atoms with Crippen LogP contribution in [0.3, 0.4) is 0 Å². The molecular weight excluding hydrogens is 88.1 g/mol. The second kappa shape index (κ2) is 1.83. The Hall–Kier alpha value is -0.0400. The Morgan fingerprint density at radius 1 is 1.43 bits per heavy atom.